The van der Waals surface area contributed by atoms with Gasteiger partial charge in [0, 0.05) is 12.6 Å². The molecule has 1 aliphatic carbocycles. The van der Waals surface area contributed by atoms with Gasteiger partial charge in [-0.3, -0.25) is 0 Å². The molecule has 1 fully saturated rings. The Morgan fingerprint density at radius 2 is 1.93 bits per heavy atom. The summed E-state index contributed by atoms with van der Waals surface area (Å²) < 4.78 is 0. The van der Waals surface area contributed by atoms with Gasteiger partial charge in [-0.1, -0.05) is 6.92 Å². The van der Waals surface area contributed by atoms with Crippen LogP contribution >= 0.6 is 0 Å². The third-order valence-corrected chi connectivity index (χ3v) is 3.22. The molecular formula is C12H27N3. The van der Waals surface area contributed by atoms with E-state index >= 15 is 0 Å². The molecule has 0 saturated heterocycles. The second-order valence-corrected chi connectivity index (χ2v) is 5.05. The summed E-state index contributed by atoms with van der Waals surface area (Å²) in [6.07, 6.45) is 3.96. The smallest absolute Gasteiger partial charge is 0.0196 e. The molecule has 0 aromatic carbocycles. The van der Waals surface area contributed by atoms with Crippen LogP contribution in [0.5, 0.6) is 0 Å². The molecule has 15 heavy (non-hydrogen) atoms. The molecule has 1 saturated carbocycles. The average Bonchev–Trinajstić information content (AvgIpc) is 2.98. The first-order chi connectivity index (χ1) is 7.13. The summed E-state index contributed by atoms with van der Waals surface area (Å²) in [6, 6.07) is 0.421. The predicted molar refractivity (Wildman–Crippen MR) is 66.0 cm³/mol. The molecule has 0 amide bonds. The lowest BCUT2D eigenvalue weighted by molar-refractivity contribution is 0.245. The summed E-state index contributed by atoms with van der Waals surface area (Å²) >= 11 is 0. The standard InChI is InChI=1S/C12H27N3/c1-4-15(9-5-8-14(2)3)10-12(13)11-6-7-11/h11-12H,4-10,13H2,1-3H3. The Kier molecular flexibility index (Phi) is 5.58. The first-order valence-electron chi connectivity index (χ1n) is 6.26. The molecule has 3 heteroatoms. The molecule has 0 aliphatic heterocycles. The fraction of sp³-hybridized carbons (Fsp3) is 1.00. The minimum atomic E-state index is 0.421. The van der Waals surface area contributed by atoms with Gasteiger partial charge < -0.3 is 15.5 Å². The Hall–Kier alpha value is -0.120. The van der Waals surface area contributed by atoms with Gasteiger partial charge in [0.15, 0.2) is 0 Å². The van der Waals surface area contributed by atoms with Crippen LogP contribution in [-0.2, 0) is 0 Å². The molecule has 1 rings (SSSR count). The number of likely N-dealkylation sites (N-methyl/N-ethyl adjacent to an activating group) is 1. The third kappa shape index (κ3) is 5.50. The van der Waals surface area contributed by atoms with Crippen LogP contribution in [-0.4, -0.2) is 56.1 Å². The van der Waals surface area contributed by atoms with Crippen molar-refractivity contribution < 1.29 is 0 Å². The van der Waals surface area contributed by atoms with Crippen molar-refractivity contribution in [2.24, 2.45) is 11.7 Å². The number of nitrogens with zero attached hydrogens (tertiary/aromatic N) is 2. The summed E-state index contributed by atoms with van der Waals surface area (Å²) in [4.78, 5) is 4.74. The number of hydrogen-bond donors (Lipinski definition) is 1. The SMILES string of the molecule is CCN(CCCN(C)C)CC(N)C1CC1. The fourth-order valence-corrected chi connectivity index (χ4v) is 1.96. The van der Waals surface area contributed by atoms with Crippen LogP contribution in [0.15, 0.2) is 0 Å². The highest BCUT2D eigenvalue weighted by molar-refractivity contribution is 4.85. The summed E-state index contributed by atoms with van der Waals surface area (Å²) in [5.41, 5.74) is 6.13. The van der Waals surface area contributed by atoms with Crippen molar-refractivity contribution in [1.29, 1.82) is 0 Å². The molecule has 0 aromatic heterocycles. The first-order valence-corrected chi connectivity index (χ1v) is 6.26. The Balaban J connectivity index is 2.11. The van der Waals surface area contributed by atoms with E-state index in [4.69, 9.17) is 5.73 Å². The van der Waals surface area contributed by atoms with Crippen molar-refractivity contribution in [2.45, 2.75) is 32.2 Å². The molecule has 0 bridgehead atoms. The lowest BCUT2D eigenvalue weighted by Crippen LogP contribution is -2.39. The van der Waals surface area contributed by atoms with Gasteiger partial charge in [-0.05, 0) is 58.9 Å². The Morgan fingerprint density at radius 1 is 1.27 bits per heavy atom. The Labute approximate surface area is 94.6 Å². The Bertz CT molecular complexity index is 166. The highest BCUT2D eigenvalue weighted by Crippen LogP contribution is 2.31. The molecule has 3 nitrogen and oxygen atoms in total. The van der Waals surface area contributed by atoms with Crippen LogP contribution in [0.1, 0.15) is 26.2 Å². The topological polar surface area (TPSA) is 32.5 Å². The molecule has 1 atom stereocenters. The van der Waals surface area contributed by atoms with Gasteiger partial charge in [0.2, 0.25) is 0 Å². The molecule has 1 aliphatic rings. The van der Waals surface area contributed by atoms with Gasteiger partial charge in [-0.15, -0.1) is 0 Å². The van der Waals surface area contributed by atoms with Crippen molar-refractivity contribution >= 4 is 0 Å². The van der Waals surface area contributed by atoms with Gasteiger partial charge >= 0.3 is 0 Å². The van der Waals surface area contributed by atoms with E-state index in [9.17, 15) is 0 Å². The van der Waals surface area contributed by atoms with Crippen LogP contribution in [0.25, 0.3) is 0 Å². The summed E-state index contributed by atoms with van der Waals surface area (Å²) in [7, 11) is 4.26. The van der Waals surface area contributed by atoms with Crippen LogP contribution in [0.2, 0.25) is 0 Å². The lowest BCUT2D eigenvalue weighted by Gasteiger charge is -2.24. The number of hydrogen-bond acceptors (Lipinski definition) is 3. The summed E-state index contributed by atoms with van der Waals surface area (Å²) in [6.45, 7) is 6.82. The molecule has 0 heterocycles. The van der Waals surface area contributed by atoms with E-state index in [1.165, 1.54) is 32.4 Å². The van der Waals surface area contributed by atoms with E-state index < -0.39 is 0 Å². The maximum atomic E-state index is 6.13. The molecule has 0 radical (unpaired) electrons. The van der Waals surface area contributed by atoms with Crippen LogP contribution in [0.4, 0.5) is 0 Å². The molecule has 1 unspecified atom stereocenters. The molecule has 90 valence electrons. The van der Waals surface area contributed by atoms with Crippen molar-refractivity contribution in [1.82, 2.24) is 9.80 Å². The van der Waals surface area contributed by atoms with Gasteiger partial charge in [-0.25, -0.2) is 0 Å². The van der Waals surface area contributed by atoms with Gasteiger partial charge in [0.25, 0.3) is 0 Å². The van der Waals surface area contributed by atoms with E-state index in [2.05, 4.69) is 30.8 Å². The van der Waals surface area contributed by atoms with Crippen LogP contribution in [0, 0.1) is 5.92 Å². The Morgan fingerprint density at radius 3 is 2.40 bits per heavy atom. The third-order valence-electron chi connectivity index (χ3n) is 3.22. The van der Waals surface area contributed by atoms with Crippen molar-refractivity contribution in [3.63, 3.8) is 0 Å². The van der Waals surface area contributed by atoms with E-state index in [0.29, 0.717) is 6.04 Å². The van der Waals surface area contributed by atoms with E-state index in [-0.39, 0.29) is 0 Å². The second kappa shape index (κ2) is 6.46. The normalized spacial score (nSPS) is 18.8. The summed E-state index contributed by atoms with van der Waals surface area (Å²) in [5, 5.41) is 0. The largest absolute Gasteiger partial charge is 0.326 e. The highest BCUT2D eigenvalue weighted by Gasteiger charge is 2.29. The quantitative estimate of drug-likeness (QED) is 0.653. The number of rotatable bonds is 8. The van der Waals surface area contributed by atoms with Crippen molar-refractivity contribution in [2.75, 3.05) is 40.3 Å². The predicted octanol–water partition coefficient (Wildman–Crippen LogP) is 0.997. The van der Waals surface area contributed by atoms with Crippen LogP contribution < -0.4 is 5.73 Å². The maximum absolute atomic E-state index is 6.13. The molecule has 0 aromatic rings. The number of nitrogens with two attached hydrogens (primary N) is 1. The minimum absolute atomic E-state index is 0.421. The van der Waals surface area contributed by atoms with Gasteiger partial charge in [0.1, 0.15) is 0 Å². The minimum Gasteiger partial charge on any atom is -0.326 e. The molecular weight excluding hydrogens is 186 g/mol. The average molecular weight is 213 g/mol. The first kappa shape index (κ1) is 12.9. The van der Waals surface area contributed by atoms with Crippen LogP contribution in [0.3, 0.4) is 0 Å². The molecule has 0 spiro atoms. The monoisotopic (exact) mass is 213 g/mol. The molecule has 2 N–H and O–H groups in total. The zero-order valence-corrected chi connectivity index (χ0v) is 10.6. The maximum Gasteiger partial charge on any atom is 0.0196 e. The van der Waals surface area contributed by atoms with E-state index in [1.807, 2.05) is 0 Å². The second-order valence-electron chi connectivity index (χ2n) is 5.05. The zero-order valence-electron chi connectivity index (χ0n) is 10.6. The fourth-order valence-electron chi connectivity index (χ4n) is 1.96. The van der Waals surface area contributed by atoms with E-state index in [1.54, 1.807) is 0 Å². The highest BCUT2D eigenvalue weighted by atomic mass is 15.1. The van der Waals surface area contributed by atoms with Gasteiger partial charge in [0.05, 0.1) is 0 Å². The lowest BCUT2D eigenvalue weighted by atomic mass is 10.2. The zero-order chi connectivity index (χ0) is 11.3. The summed E-state index contributed by atoms with van der Waals surface area (Å²) in [5.74, 6) is 0.827. The van der Waals surface area contributed by atoms with Crippen molar-refractivity contribution in [3.8, 4) is 0 Å². The van der Waals surface area contributed by atoms with Crippen molar-refractivity contribution in [3.05, 3.63) is 0 Å². The van der Waals surface area contributed by atoms with Gasteiger partial charge in [-0.2, -0.15) is 0 Å². The van der Waals surface area contributed by atoms with E-state index in [0.717, 1.165) is 19.0 Å².